The summed E-state index contributed by atoms with van der Waals surface area (Å²) in [5, 5.41) is 0. The van der Waals surface area contributed by atoms with Crippen LogP contribution in [0.2, 0.25) is 0 Å². The molecule has 0 aliphatic heterocycles. The number of allylic oxidation sites excluding steroid dienone is 1. The van der Waals surface area contributed by atoms with E-state index in [4.69, 9.17) is 4.74 Å². The Kier molecular flexibility index (Phi) is 6.46. The Morgan fingerprint density at radius 2 is 1.75 bits per heavy atom. The third kappa shape index (κ3) is 4.40. The van der Waals surface area contributed by atoms with Gasteiger partial charge in [0.2, 0.25) is 0 Å². The minimum atomic E-state index is -1.46. The van der Waals surface area contributed by atoms with Crippen LogP contribution in [0, 0.1) is 6.92 Å². The molecule has 0 aliphatic rings. The van der Waals surface area contributed by atoms with Gasteiger partial charge in [0.1, 0.15) is 11.0 Å². The van der Waals surface area contributed by atoms with Gasteiger partial charge in [0.25, 0.3) is 0 Å². The molecule has 0 saturated heterocycles. The topological polar surface area (TPSA) is 55.4 Å². The van der Waals surface area contributed by atoms with Gasteiger partial charge in [-0.05, 0) is 31.5 Å². The van der Waals surface area contributed by atoms with Crippen molar-refractivity contribution in [2.75, 3.05) is 7.11 Å². The molecule has 24 heavy (non-hydrogen) atoms. The molecule has 0 amide bonds. The molecule has 0 radical (unpaired) electrons. The van der Waals surface area contributed by atoms with Crippen LogP contribution >= 0.6 is 0 Å². The van der Waals surface area contributed by atoms with Crippen molar-refractivity contribution < 1.29 is 13.7 Å². The quantitative estimate of drug-likeness (QED) is 0.645. The zero-order valence-electron chi connectivity index (χ0n) is 14.0. The van der Waals surface area contributed by atoms with E-state index in [2.05, 4.69) is 4.72 Å². The molecule has 1 N–H and O–H groups in total. The van der Waals surface area contributed by atoms with Gasteiger partial charge < -0.3 is 4.74 Å². The van der Waals surface area contributed by atoms with Crippen LogP contribution in [0.3, 0.4) is 0 Å². The number of carbonyl (C=O) groups is 1. The molecule has 2 aromatic rings. The second-order valence-corrected chi connectivity index (χ2v) is 6.52. The summed E-state index contributed by atoms with van der Waals surface area (Å²) in [6.07, 6.45) is 1.68. The molecule has 0 aliphatic carbocycles. The van der Waals surface area contributed by atoms with E-state index in [1.807, 2.05) is 61.5 Å². The van der Waals surface area contributed by atoms with E-state index in [1.165, 1.54) is 7.11 Å². The number of carbonyl (C=O) groups excluding carboxylic acids is 1. The Hall–Kier alpha value is -2.24. The lowest BCUT2D eigenvalue weighted by Crippen LogP contribution is -2.28. The molecular formula is C19H21NO3S. The first-order valence-corrected chi connectivity index (χ1v) is 8.76. The predicted molar refractivity (Wildman–Crippen MR) is 95.7 cm³/mol. The van der Waals surface area contributed by atoms with Crippen LogP contribution in [0.1, 0.15) is 24.1 Å². The van der Waals surface area contributed by atoms with Crippen LogP contribution in [0.15, 0.2) is 71.1 Å². The van der Waals surface area contributed by atoms with Crippen LogP contribution < -0.4 is 4.72 Å². The standard InChI is InChI=1S/C19H21NO3S/c1-4-17(19(21)23-3)18(15-8-6-5-7-9-15)20-24(22)16-12-10-14(2)11-13-16/h4-13,18,20H,1-3H3/b17-4+/t18-,24?/m0/s1. The number of rotatable bonds is 6. The van der Waals surface area contributed by atoms with Gasteiger partial charge in [0.15, 0.2) is 0 Å². The van der Waals surface area contributed by atoms with Crippen molar-refractivity contribution in [3.63, 3.8) is 0 Å². The lowest BCUT2D eigenvalue weighted by Gasteiger charge is -2.20. The number of ether oxygens (including phenoxy) is 1. The maximum Gasteiger partial charge on any atom is 0.335 e. The highest BCUT2D eigenvalue weighted by Gasteiger charge is 2.24. The maximum atomic E-state index is 12.7. The molecule has 0 saturated carbocycles. The SMILES string of the molecule is C/C=C(/C(=O)OC)[C@@H](NS(=O)c1ccc(C)cc1)c1ccccc1. The summed E-state index contributed by atoms with van der Waals surface area (Å²) in [6, 6.07) is 16.3. The van der Waals surface area contributed by atoms with Gasteiger partial charge in [-0.1, -0.05) is 54.1 Å². The van der Waals surface area contributed by atoms with Gasteiger partial charge in [-0.3, -0.25) is 0 Å². The van der Waals surface area contributed by atoms with Gasteiger partial charge in [0.05, 0.1) is 23.6 Å². The number of esters is 1. The predicted octanol–water partition coefficient (Wildman–Crippen LogP) is 3.47. The van der Waals surface area contributed by atoms with Crippen molar-refractivity contribution in [2.45, 2.75) is 24.8 Å². The lowest BCUT2D eigenvalue weighted by molar-refractivity contribution is -0.136. The molecular weight excluding hydrogens is 322 g/mol. The summed E-state index contributed by atoms with van der Waals surface area (Å²) >= 11 is 0. The van der Waals surface area contributed by atoms with Crippen molar-refractivity contribution >= 4 is 17.0 Å². The summed E-state index contributed by atoms with van der Waals surface area (Å²) in [5.74, 6) is -0.445. The molecule has 1 unspecified atom stereocenters. The molecule has 0 spiro atoms. The van der Waals surface area contributed by atoms with E-state index in [-0.39, 0.29) is 0 Å². The maximum absolute atomic E-state index is 12.7. The molecule has 0 fully saturated rings. The Labute approximate surface area is 145 Å². The highest BCUT2D eigenvalue weighted by atomic mass is 32.2. The van der Waals surface area contributed by atoms with Crippen molar-refractivity contribution in [1.82, 2.24) is 4.72 Å². The third-order valence-corrected chi connectivity index (χ3v) is 4.79. The summed E-state index contributed by atoms with van der Waals surface area (Å²) in [4.78, 5) is 12.7. The fraction of sp³-hybridized carbons (Fsp3) is 0.211. The van der Waals surface area contributed by atoms with E-state index >= 15 is 0 Å². The van der Waals surface area contributed by atoms with Gasteiger partial charge in [-0.15, -0.1) is 0 Å². The first-order chi connectivity index (χ1) is 11.6. The number of hydrogen-bond donors (Lipinski definition) is 1. The fourth-order valence-corrected chi connectivity index (χ4v) is 3.31. The molecule has 4 nitrogen and oxygen atoms in total. The van der Waals surface area contributed by atoms with Crippen LogP contribution in [0.5, 0.6) is 0 Å². The van der Waals surface area contributed by atoms with Gasteiger partial charge >= 0.3 is 5.97 Å². The number of nitrogens with one attached hydrogen (secondary N) is 1. The minimum Gasteiger partial charge on any atom is -0.466 e. The Bertz CT molecular complexity index is 739. The van der Waals surface area contributed by atoms with Crippen LogP contribution in [-0.4, -0.2) is 17.3 Å². The third-order valence-electron chi connectivity index (χ3n) is 3.64. The van der Waals surface area contributed by atoms with E-state index in [0.717, 1.165) is 11.1 Å². The number of benzene rings is 2. The van der Waals surface area contributed by atoms with E-state index in [1.54, 1.807) is 13.0 Å². The zero-order chi connectivity index (χ0) is 17.5. The van der Waals surface area contributed by atoms with E-state index in [0.29, 0.717) is 10.5 Å². The molecule has 5 heteroatoms. The van der Waals surface area contributed by atoms with Crippen molar-refractivity contribution in [3.8, 4) is 0 Å². The summed E-state index contributed by atoms with van der Waals surface area (Å²) < 4.78 is 20.6. The average Bonchev–Trinajstić information content (AvgIpc) is 2.62. The highest BCUT2D eigenvalue weighted by molar-refractivity contribution is 7.83. The van der Waals surface area contributed by atoms with E-state index < -0.39 is 23.0 Å². The summed E-state index contributed by atoms with van der Waals surface area (Å²) in [6.45, 7) is 3.74. The summed E-state index contributed by atoms with van der Waals surface area (Å²) in [7, 11) is -0.123. The Morgan fingerprint density at radius 1 is 1.12 bits per heavy atom. The van der Waals surface area contributed by atoms with Gasteiger partial charge in [-0.25, -0.2) is 13.7 Å². The Balaban J connectivity index is 2.34. The largest absolute Gasteiger partial charge is 0.466 e. The first kappa shape index (κ1) is 18.1. The molecule has 0 aromatic heterocycles. The zero-order valence-corrected chi connectivity index (χ0v) is 14.8. The highest BCUT2D eigenvalue weighted by Crippen LogP contribution is 2.24. The second kappa shape index (κ2) is 8.57. The average molecular weight is 343 g/mol. The van der Waals surface area contributed by atoms with Crippen LogP contribution in [-0.2, 0) is 20.5 Å². The number of hydrogen-bond acceptors (Lipinski definition) is 3. The van der Waals surface area contributed by atoms with Gasteiger partial charge in [-0.2, -0.15) is 0 Å². The van der Waals surface area contributed by atoms with Gasteiger partial charge in [0, 0.05) is 0 Å². The Morgan fingerprint density at radius 3 is 2.29 bits per heavy atom. The monoisotopic (exact) mass is 343 g/mol. The minimum absolute atomic E-state index is 0.421. The van der Waals surface area contributed by atoms with Crippen molar-refractivity contribution in [2.24, 2.45) is 0 Å². The van der Waals surface area contributed by atoms with Crippen LogP contribution in [0.25, 0.3) is 0 Å². The molecule has 2 rings (SSSR count). The lowest BCUT2D eigenvalue weighted by atomic mass is 9.99. The van der Waals surface area contributed by atoms with E-state index in [9.17, 15) is 9.00 Å². The molecule has 0 bridgehead atoms. The molecule has 2 aromatic carbocycles. The van der Waals surface area contributed by atoms with Crippen molar-refractivity contribution in [1.29, 1.82) is 0 Å². The number of aryl methyl sites for hydroxylation is 1. The first-order valence-electron chi connectivity index (χ1n) is 7.61. The summed E-state index contributed by atoms with van der Waals surface area (Å²) in [5.41, 5.74) is 2.36. The molecule has 0 heterocycles. The number of methoxy groups -OCH3 is 1. The molecule has 2 atom stereocenters. The van der Waals surface area contributed by atoms with Crippen molar-refractivity contribution in [3.05, 3.63) is 77.4 Å². The second-order valence-electron chi connectivity index (χ2n) is 5.28. The molecule has 126 valence electrons. The smallest absolute Gasteiger partial charge is 0.335 e. The van der Waals surface area contributed by atoms with Crippen LogP contribution in [0.4, 0.5) is 0 Å². The fourth-order valence-electron chi connectivity index (χ4n) is 2.31. The normalized spacial score (nSPS) is 14.0.